The molecule has 68 valence electrons. The van der Waals surface area contributed by atoms with Crippen LogP contribution < -0.4 is 11.5 Å². The van der Waals surface area contributed by atoms with Gasteiger partial charge in [0.25, 0.3) is 0 Å². The van der Waals surface area contributed by atoms with E-state index in [1.54, 1.807) is 6.34 Å². The zero-order valence-electron chi connectivity index (χ0n) is 7.11. The van der Waals surface area contributed by atoms with E-state index in [0.717, 1.165) is 13.1 Å². The zero-order valence-corrected chi connectivity index (χ0v) is 7.11. The first-order valence-electron chi connectivity index (χ1n) is 4.15. The lowest BCUT2D eigenvalue weighted by atomic mass is 10.1. The van der Waals surface area contributed by atoms with Crippen molar-refractivity contribution >= 4 is 12.3 Å². The molecule has 12 heavy (non-hydrogen) atoms. The molecule has 0 spiro atoms. The number of nitrogens with zero attached hydrogens (tertiary/aromatic N) is 3. The minimum absolute atomic E-state index is 0.00302. The normalized spacial score (nSPS) is 18.2. The number of hydrogen-bond acceptors (Lipinski definition) is 2. The summed E-state index contributed by atoms with van der Waals surface area (Å²) < 4.78 is 0. The van der Waals surface area contributed by atoms with Crippen LogP contribution in [0.5, 0.6) is 0 Å². The van der Waals surface area contributed by atoms with Gasteiger partial charge in [-0.1, -0.05) is 0 Å². The Morgan fingerprint density at radius 1 is 1.17 bits per heavy atom. The minimum atomic E-state index is 0.00302. The van der Waals surface area contributed by atoms with E-state index in [9.17, 15) is 0 Å². The molecule has 0 amide bonds. The van der Waals surface area contributed by atoms with Gasteiger partial charge in [0.05, 0.1) is 0 Å². The molecule has 0 aliphatic carbocycles. The molecule has 0 saturated carbocycles. The van der Waals surface area contributed by atoms with E-state index < -0.39 is 0 Å². The lowest BCUT2D eigenvalue weighted by Gasteiger charge is -2.23. The number of guanidine groups is 1. The quantitative estimate of drug-likeness (QED) is 0.338. The molecule has 0 atom stereocenters. The molecule has 0 aromatic carbocycles. The van der Waals surface area contributed by atoms with E-state index in [1.165, 1.54) is 19.3 Å². The highest BCUT2D eigenvalue weighted by Crippen LogP contribution is 2.05. The van der Waals surface area contributed by atoms with Gasteiger partial charge in [0.15, 0.2) is 0 Å². The highest BCUT2D eigenvalue weighted by atomic mass is 15.3. The number of likely N-dealkylation sites (tertiary alicyclic amines) is 1. The maximum atomic E-state index is 5.10. The van der Waals surface area contributed by atoms with Crippen molar-refractivity contribution in [2.24, 2.45) is 21.7 Å². The largest absolute Gasteiger partial charge is 0.369 e. The maximum Gasteiger partial charge on any atom is 0.211 e. The van der Waals surface area contributed by atoms with Crippen molar-refractivity contribution in [2.75, 3.05) is 13.1 Å². The topological polar surface area (TPSA) is 80.0 Å². The molecular weight excluding hydrogens is 154 g/mol. The summed E-state index contributed by atoms with van der Waals surface area (Å²) in [5.74, 6) is 0.00302. The molecular formula is C7H15N5. The van der Waals surface area contributed by atoms with Crippen molar-refractivity contribution in [1.82, 2.24) is 4.90 Å². The molecule has 0 radical (unpaired) electrons. The second-order valence-electron chi connectivity index (χ2n) is 2.85. The number of nitrogens with two attached hydrogens (primary N) is 2. The third kappa shape index (κ3) is 3.23. The van der Waals surface area contributed by atoms with Gasteiger partial charge in [0.1, 0.15) is 6.34 Å². The van der Waals surface area contributed by atoms with Crippen LogP contribution in [0.1, 0.15) is 19.3 Å². The van der Waals surface area contributed by atoms with E-state index >= 15 is 0 Å². The van der Waals surface area contributed by atoms with Crippen LogP contribution in [0.3, 0.4) is 0 Å². The minimum Gasteiger partial charge on any atom is -0.369 e. The van der Waals surface area contributed by atoms with Crippen molar-refractivity contribution in [3.63, 3.8) is 0 Å². The molecule has 1 aliphatic rings. The molecule has 0 unspecified atom stereocenters. The Kier molecular flexibility index (Phi) is 3.37. The molecule has 0 bridgehead atoms. The Hall–Kier alpha value is -1.26. The Balaban J connectivity index is 2.29. The maximum absolute atomic E-state index is 5.10. The summed E-state index contributed by atoms with van der Waals surface area (Å²) in [7, 11) is 0. The summed E-state index contributed by atoms with van der Waals surface area (Å²) in [4.78, 5) is 2.12. The smallest absolute Gasteiger partial charge is 0.211 e. The van der Waals surface area contributed by atoms with Crippen LogP contribution in [0.25, 0.3) is 0 Å². The van der Waals surface area contributed by atoms with Gasteiger partial charge in [-0.25, -0.2) is 0 Å². The first-order valence-corrected chi connectivity index (χ1v) is 4.15. The van der Waals surface area contributed by atoms with Crippen molar-refractivity contribution < 1.29 is 0 Å². The summed E-state index contributed by atoms with van der Waals surface area (Å²) in [6.45, 7) is 2.12. The van der Waals surface area contributed by atoms with Gasteiger partial charge in [-0.2, -0.15) is 0 Å². The average Bonchev–Trinajstić information content (AvgIpc) is 2.05. The number of piperidine rings is 1. The predicted molar refractivity (Wildman–Crippen MR) is 49.7 cm³/mol. The van der Waals surface area contributed by atoms with Gasteiger partial charge in [-0.15, -0.1) is 10.2 Å². The monoisotopic (exact) mass is 169 g/mol. The van der Waals surface area contributed by atoms with E-state index in [-0.39, 0.29) is 5.96 Å². The van der Waals surface area contributed by atoms with Crippen LogP contribution in [-0.2, 0) is 0 Å². The van der Waals surface area contributed by atoms with Crippen molar-refractivity contribution in [2.45, 2.75) is 19.3 Å². The Labute approximate surface area is 72.1 Å². The summed E-state index contributed by atoms with van der Waals surface area (Å²) in [5.41, 5.74) is 10.2. The van der Waals surface area contributed by atoms with Crippen LogP contribution in [0, 0.1) is 0 Å². The molecule has 5 nitrogen and oxygen atoms in total. The molecule has 1 heterocycles. The Morgan fingerprint density at radius 3 is 2.42 bits per heavy atom. The zero-order chi connectivity index (χ0) is 8.81. The molecule has 1 aliphatic heterocycles. The van der Waals surface area contributed by atoms with Crippen LogP contribution >= 0.6 is 0 Å². The highest BCUT2D eigenvalue weighted by Gasteiger charge is 2.04. The van der Waals surface area contributed by atoms with Gasteiger partial charge < -0.3 is 16.4 Å². The first-order chi connectivity index (χ1) is 5.79. The fraction of sp³-hybridized carbons (Fsp3) is 0.714. The molecule has 0 aromatic rings. The Bertz CT molecular complexity index is 176. The van der Waals surface area contributed by atoms with Crippen LogP contribution in [0.15, 0.2) is 10.2 Å². The standard InChI is InChI=1S/C7H15N5/c8-7(9)11-10-6-12-4-2-1-3-5-12/h6H,1-5H2,(H4,8,9,11)/b10-6+. The van der Waals surface area contributed by atoms with E-state index in [1.807, 2.05) is 0 Å². The molecule has 5 heteroatoms. The van der Waals surface area contributed by atoms with Gasteiger partial charge in [0, 0.05) is 13.1 Å². The van der Waals surface area contributed by atoms with E-state index in [2.05, 4.69) is 15.1 Å². The average molecular weight is 169 g/mol. The first kappa shape index (κ1) is 8.83. The number of hydrogen-bond donors (Lipinski definition) is 2. The third-order valence-electron chi connectivity index (χ3n) is 1.78. The molecule has 1 saturated heterocycles. The summed E-state index contributed by atoms with van der Waals surface area (Å²) in [6, 6.07) is 0. The van der Waals surface area contributed by atoms with Crippen molar-refractivity contribution in [3.8, 4) is 0 Å². The summed E-state index contributed by atoms with van der Waals surface area (Å²) in [5, 5.41) is 7.25. The molecule has 4 N–H and O–H groups in total. The van der Waals surface area contributed by atoms with Crippen molar-refractivity contribution in [3.05, 3.63) is 0 Å². The fourth-order valence-corrected chi connectivity index (χ4v) is 1.20. The number of rotatable bonds is 2. The molecule has 0 aromatic heterocycles. The van der Waals surface area contributed by atoms with Gasteiger partial charge in [0.2, 0.25) is 5.96 Å². The van der Waals surface area contributed by atoms with Gasteiger partial charge >= 0.3 is 0 Å². The Morgan fingerprint density at radius 2 is 1.83 bits per heavy atom. The second-order valence-corrected chi connectivity index (χ2v) is 2.85. The fourth-order valence-electron chi connectivity index (χ4n) is 1.20. The summed E-state index contributed by atoms with van der Waals surface area (Å²) >= 11 is 0. The highest BCUT2D eigenvalue weighted by molar-refractivity contribution is 5.76. The second kappa shape index (κ2) is 4.58. The summed E-state index contributed by atoms with van der Waals surface area (Å²) in [6.07, 6.45) is 5.47. The lowest BCUT2D eigenvalue weighted by Crippen LogP contribution is -2.28. The van der Waals surface area contributed by atoms with E-state index in [4.69, 9.17) is 11.5 Å². The molecule has 1 fully saturated rings. The van der Waals surface area contributed by atoms with E-state index in [0.29, 0.717) is 0 Å². The predicted octanol–water partition coefficient (Wildman–Crippen LogP) is -0.311. The lowest BCUT2D eigenvalue weighted by molar-refractivity contribution is 0.350. The SMILES string of the molecule is NC(N)=N/N=C/N1CCCCC1. The molecule has 1 rings (SSSR count). The van der Waals surface area contributed by atoms with Gasteiger partial charge in [-0.05, 0) is 19.3 Å². The van der Waals surface area contributed by atoms with Crippen LogP contribution in [0.2, 0.25) is 0 Å². The van der Waals surface area contributed by atoms with Crippen LogP contribution in [0.4, 0.5) is 0 Å². The third-order valence-corrected chi connectivity index (χ3v) is 1.78. The van der Waals surface area contributed by atoms with Crippen molar-refractivity contribution in [1.29, 1.82) is 0 Å². The van der Waals surface area contributed by atoms with Gasteiger partial charge in [-0.3, -0.25) is 0 Å². The van der Waals surface area contributed by atoms with Crippen LogP contribution in [-0.4, -0.2) is 30.3 Å².